The molecular weight excluding hydrogens is 1020 g/mol. The van der Waals surface area contributed by atoms with E-state index in [9.17, 15) is 14.4 Å². The first-order valence-corrected chi connectivity index (χ1v) is 35.4. The number of ether oxygens (including phenoxy) is 3. The summed E-state index contributed by atoms with van der Waals surface area (Å²) in [5.41, 5.74) is 0. The van der Waals surface area contributed by atoms with Gasteiger partial charge in [0.05, 0.1) is 0 Å². The number of hydrogen-bond donors (Lipinski definition) is 0. The van der Waals surface area contributed by atoms with E-state index < -0.39 is 6.10 Å². The normalized spacial score (nSPS) is 12.8. The third-order valence-corrected chi connectivity index (χ3v) is 15.2. The average molecular weight is 1150 g/mol. The van der Waals surface area contributed by atoms with E-state index in [0.717, 1.165) is 122 Å². The molecule has 0 amide bonds. The molecule has 6 nitrogen and oxygen atoms in total. The van der Waals surface area contributed by atoms with Crippen LogP contribution >= 0.6 is 0 Å². The molecule has 0 saturated heterocycles. The van der Waals surface area contributed by atoms with Crippen LogP contribution < -0.4 is 0 Å². The van der Waals surface area contributed by atoms with Crippen molar-refractivity contribution in [2.45, 2.75) is 348 Å². The van der Waals surface area contributed by atoms with Crippen molar-refractivity contribution < 1.29 is 28.6 Å². The zero-order chi connectivity index (χ0) is 59.9. The summed E-state index contributed by atoms with van der Waals surface area (Å²) in [5, 5.41) is 0. The van der Waals surface area contributed by atoms with E-state index in [1.165, 1.54) is 180 Å². The number of hydrogen-bond acceptors (Lipinski definition) is 6. The Labute approximate surface area is 514 Å². The quantitative estimate of drug-likeness (QED) is 0.0261. The second-order valence-electron chi connectivity index (χ2n) is 23.4. The Bertz CT molecular complexity index is 1660. The number of carbonyl (C=O) groups is 3. The van der Waals surface area contributed by atoms with Gasteiger partial charge in [-0.2, -0.15) is 0 Å². The second kappa shape index (κ2) is 70.6. The molecule has 0 aromatic rings. The van der Waals surface area contributed by atoms with Crippen molar-refractivity contribution in [3.05, 3.63) is 109 Å². The van der Waals surface area contributed by atoms with E-state index in [4.69, 9.17) is 14.2 Å². The largest absolute Gasteiger partial charge is 0.462 e. The van der Waals surface area contributed by atoms with Crippen molar-refractivity contribution in [2.75, 3.05) is 13.2 Å². The van der Waals surface area contributed by atoms with E-state index in [-0.39, 0.29) is 31.1 Å². The van der Waals surface area contributed by atoms with Gasteiger partial charge in [0.25, 0.3) is 0 Å². The lowest BCUT2D eigenvalue weighted by Gasteiger charge is -2.18. The van der Waals surface area contributed by atoms with Crippen molar-refractivity contribution in [2.24, 2.45) is 0 Å². The fourth-order valence-electron chi connectivity index (χ4n) is 9.94. The summed E-state index contributed by atoms with van der Waals surface area (Å²) in [6.07, 6.45) is 97.0. The topological polar surface area (TPSA) is 78.9 Å². The van der Waals surface area contributed by atoms with Crippen LogP contribution in [-0.4, -0.2) is 37.2 Å². The van der Waals surface area contributed by atoms with E-state index in [1.807, 2.05) is 0 Å². The van der Waals surface area contributed by atoms with E-state index in [2.05, 4.69) is 130 Å². The maximum Gasteiger partial charge on any atom is 0.306 e. The maximum atomic E-state index is 12.9. The summed E-state index contributed by atoms with van der Waals surface area (Å²) >= 11 is 0. The molecule has 6 heteroatoms. The number of carbonyl (C=O) groups excluding carboxylic acids is 3. The predicted molar refractivity (Wildman–Crippen MR) is 362 cm³/mol. The minimum Gasteiger partial charge on any atom is -0.462 e. The molecule has 0 N–H and O–H groups in total. The number of allylic oxidation sites excluding steroid dienone is 18. The van der Waals surface area contributed by atoms with Crippen LogP contribution in [-0.2, 0) is 28.6 Å². The zero-order valence-corrected chi connectivity index (χ0v) is 54.7. The molecule has 0 bridgehead atoms. The maximum absolute atomic E-state index is 12.9. The SMILES string of the molecule is CC/C=C\C/C=C\C/C=C\CCCCCC(=O)OCC(COC(=O)CCCCCCCCCCCCCCCCCCCC/C=C\C/C=C\C/C=C\CCCCCCC)OC(=O)CCCCCCCC/C=C\C/C=C\C/C=C\CCCCC. The molecule has 0 aliphatic rings. The standard InChI is InChI=1S/C77H132O6/c1-4-7-10-13-16-19-22-25-27-29-31-32-33-34-35-36-37-38-39-40-41-42-43-44-46-47-49-52-55-58-61-64-67-70-76(79)82-73-74(72-81-75(78)69-66-63-60-57-54-51-24-21-18-15-12-9-6-3)83-77(80)71-68-65-62-59-56-53-50-48-45-30-28-26-23-20-17-14-11-8-5-2/h9,12,17-18,20-22,25-26,28-29,31,33-34,45,48,51,54,74H,4-8,10-11,13-16,19,23-24,27,30,32,35-44,46-47,49-50,52-53,55-73H2,1-3H3/b12-9-,20-17-,21-18-,25-22-,28-26-,31-29-,34-33-,48-45-,54-51-. The molecule has 0 rings (SSSR count). The average Bonchev–Trinajstić information content (AvgIpc) is 3.49. The van der Waals surface area contributed by atoms with Crippen LogP contribution in [0.5, 0.6) is 0 Å². The van der Waals surface area contributed by atoms with Crippen LogP contribution in [0.15, 0.2) is 109 Å². The van der Waals surface area contributed by atoms with Gasteiger partial charge in [0.1, 0.15) is 13.2 Å². The highest BCUT2D eigenvalue weighted by atomic mass is 16.6. The van der Waals surface area contributed by atoms with Gasteiger partial charge in [0.15, 0.2) is 6.10 Å². The first-order valence-electron chi connectivity index (χ1n) is 35.4. The van der Waals surface area contributed by atoms with Crippen LogP contribution in [0.2, 0.25) is 0 Å². The fourth-order valence-corrected chi connectivity index (χ4v) is 9.94. The number of rotatable bonds is 64. The number of unbranched alkanes of at least 4 members (excludes halogenated alkanes) is 35. The van der Waals surface area contributed by atoms with Crippen molar-refractivity contribution in [3.63, 3.8) is 0 Å². The van der Waals surface area contributed by atoms with E-state index in [1.54, 1.807) is 0 Å². The summed E-state index contributed by atoms with van der Waals surface area (Å²) in [6, 6.07) is 0. The molecule has 476 valence electrons. The van der Waals surface area contributed by atoms with Crippen molar-refractivity contribution in [1.82, 2.24) is 0 Å². The smallest absolute Gasteiger partial charge is 0.306 e. The van der Waals surface area contributed by atoms with Gasteiger partial charge in [-0.3, -0.25) is 14.4 Å². The van der Waals surface area contributed by atoms with E-state index in [0.29, 0.717) is 19.3 Å². The van der Waals surface area contributed by atoms with Gasteiger partial charge in [0.2, 0.25) is 0 Å². The first kappa shape index (κ1) is 79.1. The van der Waals surface area contributed by atoms with Gasteiger partial charge >= 0.3 is 17.9 Å². The summed E-state index contributed by atoms with van der Waals surface area (Å²) in [4.78, 5) is 38.4. The summed E-state index contributed by atoms with van der Waals surface area (Å²) in [6.45, 7) is 6.48. The fraction of sp³-hybridized carbons (Fsp3) is 0.727. The van der Waals surface area contributed by atoms with E-state index >= 15 is 0 Å². The highest BCUT2D eigenvalue weighted by Gasteiger charge is 2.19. The highest BCUT2D eigenvalue weighted by molar-refractivity contribution is 5.71. The zero-order valence-electron chi connectivity index (χ0n) is 54.7. The Hall–Kier alpha value is -3.93. The Morgan fingerprint density at radius 1 is 0.253 bits per heavy atom. The molecule has 0 aromatic heterocycles. The first-order chi connectivity index (χ1) is 41.0. The van der Waals surface area contributed by atoms with Gasteiger partial charge in [0, 0.05) is 19.3 Å². The molecule has 0 spiro atoms. The summed E-state index contributed by atoms with van der Waals surface area (Å²) in [7, 11) is 0. The van der Waals surface area contributed by atoms with Crippen LogP contribution in [0.25, 0.3) is 0 Å². The molecule has 1 atom stereocenters. The van der Waals surface area contributed by atoms with Gasteiger partial charge in [-0.15, -0.1) is 0 Å². The van der Waals surface area contributed by atoms with Gasteiger partial charge in [-0.1, -0.05) is 304 Å². The minimum absolute atomic E-state index is 0.0916. The summed E-state index contributed by atoms with van der Waals surface area (Å²) in [5.74, 6) is -0.924. The lowest BCUT2D eigenvalue weighted by atomic mass is 10.0. The third-order valence-electron chi connectivity index (χ3n) is 15.2. The van der Waals surface area contributed by atoms with Gasteiger partial charge in [-0.25, -0.2) is 0 Å². The minimum atomic E-state index is -0.799. The van der Waals surface area contributed by atoms with Crippen molar-refractivity contribution in [3.8, 4) is 0 Å². The number of esters is 3. The molecule has 0 aliphatic heterocycles. The predicted octanol–water partition coefficient (Wildman–Crippen LogP) is 24.6. The second-order valence-corrected chi connectivity index (χ2v) is 23.4. The molecule has 0 heterocycles. The molecule has 0 saturated carbocycles. The van der Waals surface area contributed by atoms with Crippen molar-refractivity contribution >= 4 is 17.9 Å². The molecule has 0 aromatic carbocycles. The van der Waals surface area contributed by atoms with Crippen LogP contribution in [0.1, 0.15) is 342 Å². The lowest BCUT2D eigenvalue weighted by molar-refractivity contribution is -0.167. The highest BCUT2D eigenvalue weighted by Crippen LogP contribution is 2.17. The Morgan fingerprint density at radius 2 is 0.470 bits per heavy atom. The Morgan fingerprint density at radius 3 is 0.771 bits per heavy atom. The molecule has 1 unspecified atom stereocenters. The van der Waals surface area contributed by atoms with Crippen molar-refractivity contribution in [1.29, 1.82) is 0 Å². The van der Waals surface area contributed by atoms with Crippen LogP contribution in [0.4, 0.5) is 0 Å². The summed E-state index contributed by atoms with van der Waals surface area (Å²) < 4.78 is 16.9. The van der Waals surface area contributed by atoms with Crippen LogP contribution in [0.3, 0.4) is 0 Å². The van der Waals surface area contributed by atoms with Gasteiger partial charge in [-0.05, 0) is 128 Å². The Balaban J connectivity index is 4.21. The molecular formula is C77H132O6. The molecule has 83 heavy (non-hydrogen) atoms. The third kappa shape index (κ3) is 68.7. The Kier molecular flexibility index (Phi) is 67.2. The lowest BCUT2D eigenvalue weighted by Crippen LogP contribution is -2.30. The molecule has 0 aliphatic carbocycles. The van der Waals surface area contributed by atoms with Crippen LogP contribution in [0, 0.1) is 0 Å². The molecule has 0 fully saturated rings. The monoisotopic (exact) mass is 1150 g/mol. The van der Waals surface area contributed by atoms with Gasteiger partial charge < -0.3 is 14.2 Å². The molecule has 0 radical (unpaired) electrons.